The molecule has 7 rings (SSSR count). The average Bonchev–Trinajstić information content (AvgIpc) is 3.22. The summed E-state index contributed by atoms with van der Waals surface area (Å²) in [5.41, 5.74) is 6.22. The van der Waals surface area contributed by atoms with Crippen LogP contribution in [0.3, 0.4) is 0 Å². The van der Waals surface area contributed by atoms with E-state index in [0.29, 0.717) is 0 Å². The fourth-order valence-corrected chi connectivity index (χ4v) is 5.77. The molecule has 0 aromatic heterocycles. The Balaban J connectivity index is 1.45. The van der Waals surface area contributed by atoms with Crippen molar-refractivity contribution >= 4 is 21.5 Å². The highest BCUT2D eigenvalue weighted by molar-refractivity contribution is 6.09. The summed E-state index contributed by atoms with van der Waals surface area (Å²) in [5, 5.41) is 4.76. The number of hydrogen-bond donors (Lipinski definition) is 0. The predicted molar refractivity (Wildman–Crippen MR) is 139 cm³/mol. The van der Waals surface area contributed by atoms with Crippen LogP contribution in [0.4, 0.5) is 0 Å². The van der Waals surface area contributed by atoms with Crippen LogP contribution in [0.2, 0.25) is 0 Å². The molecular weight excluding hydrogens is 416 g/mol. The molecule has 0 bridgehead atoms. The quantitative estimate of drug-likeness (QED) is 0.274. The highest BCUT2D eigenvalue weighted by Crippen LogP contribution is 2.49. The molecule has 0 saturated carbocycles. The van der Waals surface area contributed by atoms with E-state index < -0.39 is 6.29 Å². The summed E-state index contributed by atoms with van der Waals surface area (Å²) in [7, 11) is 0. The van der Waals surface area contributed by atoms with Crippen LogP contribution in [0, 0.1) is 5.92 Å². The molecule has 1 aliphatic heterocycles. The van der Waals surface area contributed by atoms with Gasteiger partial charge in [-0.25, -0.2) is 0 Å². The van der Waals surface area contributed by atoms with Crippen molar-refractivity contribution in [2.24, 2.45) is 5.92 Å². The van der Waals surface area contributed by atoms with E-state index in [1.165, 1.54) is 45.5 Å². The third-order valence-electron chi connectivity index (χ3n) is 7.60. The largest absolute Gasteiger partial charge is 0.450 e. The molecule has 1 unspecified atom stereocenters. The molecule has 0 amide bonds. The van der Waals surface area contributed by atoms with E-state index in [0.717, 1.165) is 40.5 Å². The lowest BCUT2D eigenvalue weighted by Crippen LogP contribution is -2.14. The Bertz CT molecular complexity index is 1480. The van der Waals surface area contributed by atoms with Gasteiger partial charge >= 0.3 is 0 Å². The summed E-state index contributed by atoms with van der Waals surface area (Å²) < 4.78 is 13.3. The van der Waals surface area contributed by atoms with E-state index in [4.69, 9.17) is 9.47 Å². The van der Waals surface area contributed by atoms with Gasteiger partial charge in [-0.15, -0.1) is 0 Å². The molecule has 1 aliphatic carbocycles. The van der Waals surface area contributed by atoms with Crippen molar-refractivity contribution in [3.8, 4) is 22.6 Å². The summed E-state index contributed by atoms with van der Waals surface area (Å²) in [5.74, 6) is 2.48. The van der Waals surface area contributed by atoms with Gasteiger partial charge in [-0.3, -0.25) is 0 Å². The van der Waals surface area contributed by atoms with E-state index in [1.807, 2.05) is 0 Å². The Kier molecular flexibility index (Phi) is 4.41. The van der Waals surface area contributed by atoms with E-state index >= 15 is 0 Å². The number of benzene rings is 5. The molecule has 1 heterocycles. The second-order valence-corrected chi connectivity index (χ2v) is 9.60. The van der Waals surface area contributed by atoms with Gasteiger partial charge in [-0.2, -0.15) is 0 Å². The molecule has 166 valence electrons. The maximum Gasteiger partial charge on any atom is 0.267 e. The van der Waals surface area contributed by atoms with Crippen LogP contribution in [-0.4, -0.2) is 0 Å². The SMILES string of the molecule is CCC1Cc2ccc(C3Oc4ccc5ccccc5c4-c4c(ccc5ccccc45)O3)cc2C1. The van der Waals surface area contributed by atoms with Gasteiger partial charge in [-0.1, -0.05) is 86.1 Å². The first kappa shape index (κ1) is 19.7. The molecule has 2 aliphatic rings. The van der Waals surface area contributed by atoms with Gasteiger partial charge in [0.05, 0.1) is 0 Å². The van der Waals surface area contributed by atoms with Crippen molar-refractivity contribution in [2.75, 3.05) is 0 Å². The maximum absolute atomic E-state index is 6.67. The lowest BCUT2D eigenvalue weighted by Gasteiger charge is -2.20. The smallest absolute Gasteiger partial charge is 0.267 e. The van der Waals surface area contributed by atoms with Crippen LogP contribution in [-0.2, 0) is 12.8 Å². The molecule has 0 N–H and O–H groups in total. The van der Waals surface area contributed by atoms with E-state index in [2.05, 4.69) is 97.9 Å². The highest BCUT2D eigenvalue weighted by atomic mass is 16.7. The first-order chi connectivity index (χ1) is 16.8. The Morgan fingerprint density at radius 1 is 0.647 bits per heavy atom. The number of rotatable bonds is 2. The van der Waals surface area contributed by atoms with Crippen molar-refractivity contribution in [2.45, 2.75) is 32.5 Å². The molecule has 0 fully saturated rings. The molecular formula is C32H26O2. The number of ether oxygens (including phenoxy) is 2. The van der Waals surface area contributed by atoms with E-state index in [9.17, 15) is 0 Å². The van der Waals surface area contributed by atoms with Crippen molar-refractivity contribution in [3.05, 3.63) is 108 Å². The van der Waals surface area contributed by atoms with Crippen molar-refractivity contribution in [1.29, 1.82) is 0 Å². The molecule has 34 heavy (non-hydrogen) atoms. The zero-order chi connectivity index (χ0) is 22.6. The lowest BCUT2D eigenvalue weighted by atomic mass is 9.92. The first-order valence-corrected chi connectivity index (χ1v) is 12.3. The Hall–Kier alpha value is -3.78. The molecule has 1 atom stereocenters. The van der Waals surface area contributed by atoms with Gasteiger partial charge < -0.3 is 9.47 Å². The third-order valence-corrected chi connectivity index (χ3v) is 7.60. The minimum absolute atomic E-state index is 0.492. The lowest BCUT2D eigenvalue weighted by molar-refractivity contribution is 0.00772. The third kappa shape index (κ3) is 3.02. The Morgan fingerprint density at radius 3 is 1.85 bits per heavy atom. The van der Waals surface area contributed by atoms with E-state index in [1.54, 1.807) is 0 Å². The van der Waals surface area contributed by atoms with Gasteiger partial charge in [0.2, 0.25) is 0 Å². The average molecular weight is 443 g/mol. The monoisotopic (exact) mass is 442 g/mol. The highest BCUT2D eigenvalue weighted by Gasteiger charge is 2.29. The first-order valence-electron chi connectivity index (χ1n) is 12.3. The van der Waals surface area contributed by atoms with Crippen LogP contribution in [0.25, 0.3) is 32.7 Å². The summed E-state index contributed by atoms with van der Waals surface area (Å²) >= 11 is 0. The Morgan fingerprint density at radius 2 is 1.24 bits per heavy atom. The molecule has 2 heteroatoms. The Labute approximate surface area is 199 Å². The van der Waals surface area contributed by atoms with Gasteiger partial charge in [0, 0.05) is 16.7 Å². The predicted octanol–water partition coefficient (Wildman–Crippen LogP) is 8.25. The molecule has 0 radical (unpaired) electrons. The number of fused-ring (bicyclic) bond motifs is 8. The molecule has 5 aromatic rings. The van der Waals surface area contributed by atoms with Crippen LogP contribution < -0.4 is 9.47 Å². The maximum atomic E-state index is 6.67. The normalized spacial score (nSPS) is 16.9. The topological polar surface area (TPSA) is 18.5 Å². The van der Waals surface area contributed by atoms with Crippen LogP contribution in [0.15, 0.2) is 91.0 Å². The van der Waals surface area contributed by atoms with E-state index in [-0.39, 0.29) is 0 Å². The van der Waals surface area contributed by atoms with Crippen molar-refractivity contribution < 1.29 is 9.47 Å². The van der Waals surface area contributed by atoms with Crippen LogP contribution in [0.5, 0.6) is 11.5 Å². The van der Waals surface area contributed by atoms with Crippen molar-refractivity contribution in [1.82, 2.24) is 0 Å². The number of hydrogen-bond acceptors (Lipinski definition) is 2. The summed E-state index contributed by atoms with van der Waals surface area (Å²) in [6.07, 6.45) is 3.06. The summed E-state index contributed by atoms with van der Waals surface area (Å²) in [6.45, 7) is 2.29. The second-order valence-electron chi connectivity index (χ2n) is 9.60. The minimum Gasteiger partial charge on any atom is -0.450 e. The van der Waals surface area contributed by atoms with Crippen LogP contribution >= 0.6 is 0 Å². The molecule has 5 aromatic carbocycles. The fourth-order valence-electron chi connectivity index (χ4n) is 5.77. The summed E-state index contributed by atoms with van der Waals surface area (Å²) in [4.78, 5) is 0. The van der Waals surface area contributed by atoms with Gasteiger partial charge in [-0.05, 0) is 69.6 Å². The van der Waals surface area contributed by atoms with Crippen molar-refractivity contribution in [3.63, 3.8) is 0 Å². The van der Waals surface area contributed by atoms with Gasteiger partial charge in [0.1, 0.15) is 11.5 Å². The fraction of sp³-hybridized carbons (Fsp3) is 0.188. The standard InChI is InChI=1S/C32H26O2/c1-2-20-17-23-11-12-24(19-25(23)18-20)32-33-28-15-13-21-7-3-5-9-26(21)30(28)31-27-10-6-4-8-22(27)14-16-29(31)34-32/h3-16,19-20,32H,2,17-18H2,1H3. The second kappa shape index (κ2) is 7.63. The zero-order valence-corrected chi connectivity index (χ0v) is 19.3. The summed E-state index contributed by atoms with van der Waals surface area (Å²) in [6, 6.07) is 32.3. The van der Waals surface area contributed by atoms with Crippen LogP contribution in [0.1, 0.15) is 36.3 Å². The molecule has 0 spiro atoms. The van der Waals surface area contributed by atoms with Gasteiger partial charge in [0.15, 0.2) is 0 Å². The molecule has 0 saturated heterocycles. The minimum atomic E-state index is -0.492. The molecule has 2 nitrogen and oxygen atoms in total. The van der Waals surface area contributed by atoms with Gasteiger partial charge in [0.25, 0.3) is 6.29 Å². The zero-order valence-electron chi connectivity index (χ0n) is 19.3.